The molecule has 0 bridgehead atoms. The Morgan fingerprint density at radius 2 is 1.82 bits per heavy atom. The summed E-state index contributed by atoms with van der Waals surface area (Å²) >= 11 is 0. The Kier molecular flexibility index (Phi) is 4.33. The van der Waals surface area contributed by atoms with Crippen LogP contribution in [0.1, 0.15) is 49.3 Å². The van der Waals surface area contributed by atoms with Crippen LogP contribution in [0, 0.1) is 12.3 Å². The van der Waals surface area contributed by atoms with Crippen molar-refractivity contribution in [2.45, 2.75) is 51.0 Å². The molecular formula is C23H28N4O. The number of hydrogen-bond donors (Lipinski definition) is 0. The lowest BCUT2D eigenvalue weighted by atomic mass is 9.67. The molecule has 3 heterocycles. The second-order valence-corrected chi connectivity index (χ2v) is 8.85. The molecule has 0 unspecified atom stereocenters. The van der Waals surface area contributed by atoms with E-state index in [1.807, 2.05) is 25.3 Å². The van der Waals surface area contributed by atoms with E-state index in [4.69, 9.17) is 0 Å². The maximum atomic E-state index is 13.3. The molecule has 0 N–H and O–H groups in total. The van der Waals surface area contributed by atoms with Gasteiger partial charge in [-0.2, -0.15) is 0 Å². The Balaban J connectivity index is 1.37. The first-order chi connectivity index (χ1) is 13.6. The Labute approximate surface area is 166 Å². The molecule has 3 aliphatic rings. The number of carbonyl (C=O) groups excluding carboxylic acids is 1. The van der Waals surface area contributed by atoms with E-state index in [1.165, 1.54) is 18.4 Å². The first kappa shape index (κ1) is 17.7. The zero-order valence-electron chi connectivity index (χ0n) is 16.6. The average Bonchev–Trinajstić information content (AvgIpc) is 3.56. The van der Waals surface area contributed by atoms with Gasteiger partial charge in [0.15, 0.2) is 0 Å². The largest absolute Gasteiger partial charge is 0.341 e. The van der Waals surface area contributed by atoms with E-state index in [1.54, 1.807) is 0 Å². The molecule has 2 aromatic rings. The number of amides is 1. The Morgan fingerprint density at radius 1 is 1.07 bits per heavy atom. The van der Waals surface area contributed by atoms with Gasteiger partial charge in [0, 0.05) is 37.6 Å². The summed E-state index contributed by atoms with van der Waals surface area (Å²) in [6, 6.07) is 12.8. The van der Waals surface area contributed by atoms with Crippen LogP contribution in [0.25, 0.3) is 0 Å². The molecule has 1 aromatic heterocycles. The number of benzene rings is 1. The number of carbonyl (C=O) groups is 1. The lowest BCUT2D eigenvalue weighted by Gasteiger charge is -2.50. The lowest BCUT2D eigenvalue weighted by Crippen LogP contribution is -2.54. The van der Waals surface area contributed by atoms with Crippen molar-refractivity contribution >= 4 is 11.9 Å². The van der Waals surface area contributed by atoms with Crippen molar-refractivity contribution in [1.82, 2.24) is 14.9 Å². The summed E-state index contributed by atoms with van der Waals surface area (Å²) in [4.78, 5) is 26.9. The molecule has 28 heavy (non-hydrogen) atoms. The predicted molar refractivity (Wildman–Crippen MR) is 109 cm³/mol. The summed E-state index contributed by atoms with van der Waals surface area (Å²) in [5, 5.41) is 0. The summed E-state index contributed by atoms with van der Waals surface area (Å²) in [6.45, 7) is 4.89. The van der Waals surface area contributed by atoms with Gasteiger partial charge in [-0.05, 0) is 56.1 Å². The highest BCUT2D eigenvalue weighted by molar-refractivity contribution is 5.85. The summed E-state index contributed by atoms with van der Waals surface area (Å²) in [6.07, 6.45) is 7.37. The molecule has 0 radical (unpaired) electrons. The third-order valence-corrected chi connectivity index (χ3v) is 6.80. The van der Waals surface area contributed by atoms with E-state index >= 15 is 0 Å². The summed E-state index contributed by atoms with van der Waals surface area (Å²) in [5.41, 5.74) is 2.41. The fraction of sp³-hybridized carbons (Fsp3) is 0.522. The van der Waals surface area contributed by atoms with E-state index in [2.05, 4.69) is 44.0 Å². The van der Waals surface area contributed by atoms with Crippen molar-refractivity contribution in [3.05, 3.63) is 53.9 Å². The topological polar surface area (TPSA) is 49.3 Å². The molecule has 5 heteroatoms. The molecule has 2 saturated heterocycles. The highest BCUT2D eigenvalue weighted by Crippen LogP contribution is 2.48. The van der Waals surface area contributed by atoms with Gasteiger partial charge in [0.25, 0.3) is 0 Å². The molecule has 1 amide bonds. The number of likely N-dealkylation sites (tertiary alicyclic amines) is 1. The van der Waals surface area contributed by atoms with Gasteiger partial charge in [0.2, 0.25) is 11.9 Å². The predicted octanol–water partition coefficient (Wildman–Crippen LogP) is 3.55. The second kappa shape index (κ2) is 6.87. The van der Waals surface area contributed by atoms with E-state index in [0.717, 1.165) is 50.5 Å². The minimum Gasteiger partial charge on any atom is -0.341 e. The van der Waals surface area contributed by atoms with Crippen LogP contribution in [0.2, 0.25) is 0 Å². The Hall–Kier alpha value is -2.43. The highest BCUT2D eigenvalue weighted by atomic mass is 16.2. The number of nitrogens with zero attached hydrogens (tertiary/aromatic N) is 4. The van der Waals surface area contributed by atoms with E-state index < -0.39 is 0 Å². The number of rotatable bonds is 3. The first-order valence-corrected chi connectivity index (χ1v) is 10.5. The van der Waals surface area contributed by atoms with Crippen LogP contribution in [0.15, 0.2) is 42.6 Å². The zero-order chi connectivity index (χ0) is 19.1. The average molecular weight is 377 g/mol. The van der Waals surface area contributed by atoms with Crippen molar-refractivity contribution < 1.29 is 4.79 Å². The summed E-state index contributed by atoms with van der Waals surface area (Å²) in [5.74, 6) is 1.21. The quantitative estimate of drug-likeness (QED) is 0.822. The maximum absolute atomic E-state index is 13.3. The molecule has 5 rings (SSSR count). The smallest absolute Gasteiger partial charge is 0.230 e. The minimum atomic E-state index is 0.0114. The number of hydrogen-bond acceptors (Lipinski definition) is 4. The summed E-state index contributed by atoms with van der Waals surface area (Å²) in [7, 11) is 0. The second-order valence-electron chi connectivity index (χ2n) is 8.85. The van der Waals surface area contributed by atoms with Crippen LogP contribution < -0.4 is 4.90 Å². The summed E-state index contributed by atoms with van der Waals surface area (Å²) < 4.78 is 0. The molecule has 3 fully saturated rings. The molecular weight excluding hydrogens is 348 g/mol. The van der Waals surface area contributed by atoms with Crippen LogP contribution in [0.3, 0.4) is 0 Å². The molecule has 5 nitrogen and oxygen atoms in total. The SMILES string of the molecule is Cc1ccnc(N2CCC3(CC2)C[C@H](c2ccccc2)C(=O)N(C2CC2)C3)n1. The number of piperidine rings is 2. The molecule has 1 aromatic carbocycles. The zero-order valence-corrected chi connectivity index (χ0v) is 16.6. The van der Waals surface area contributed by atoms with Gasteiger partial charge in [-0.25, -0.2) is 9.97 Å². The van der Waals surface area contributed by atoms with E-state index in [9.17, 15) is 4.79 Å². The Morgan fingerprint density at radius 3 is 2.50 bits per heavy atom. The van der Waals surface area contributed by atoms with E-state index in [0.29, 0.717) is 11.9 Å². The van der Waals surface area contributed by atoms with Gasteiger partial charge >= 0.3 is 0 Å². The van der Waals surface area contributed by atoms with Crippen LogP contribution in [0.4, 0.5) is 5.95 Å². The fourth-order valence-corrected chi connectivity index (χ4v) is 5.00. The van der Waals surface area contributed by atoms with Crippen LogP contribution >= 0.6 is 0 Å². The molecule has 2 aliphatic heterocycles. The van der Waals surface area contributed by atoms with Gasteiger partial charge in [-0.3, -0.25) is 4.79 Å². The Bertz CT molecular complexity index is 856. The van der Waals surface area contributed by atoms with Crippen LogP contribution in [-0.2, 0) is 4.79 Å². The lowest BCUT2D eigenvalue weighted by molar-refractivity contribution is -0.141. The third kappa shape index (κ3) is 3.27. The van der Waals surface area contributed by atoms with Crippen molar-refractivity contribution in [1.29, 1.82) is 0 Å². The standard InChI is InChI=1S/C23H28N4O/c1-17-9-12-24-22(25-17)26-13-10-23(11-14-26)15-20(18-5-3-2-4-6-18)21(28)27(16-23)19-7-8-19/h2-6,9,12,19-20H,7-8,10-11,13-16H2,1H3/t20-/m1/s1. The maximum Gasteiger partial charge on any atom is 0.230 e. The molecule has 1 saturated carbocycles. The monoisotopic (exact) mass is 376 g/mol. The normalized spacial score (nSPS) is 24.6. The van der Waals surface area contributed by atoms with Gasteiger partial charge in [0.1, 0.15) is 0 Å². The van der Waals surface area contributed by atoms with Crippen LogP contribution in [-0.4, -0.2) is 46.5 Å². The number of anilines is 1. The van der Waals surface area contributed by atoms with Gasteiger partial charge < -0.3 is 9.80 Å². The van der Waals surface area contributed by atoms with Crippen molar-refractivity contribution in [2.75, 3.05) is 24.5 Å². The molecule has 1 spiro atoms. The number of aryl methyl sites for hydroxylation is 1. The van der Waals surface area contributed by atoms with Gasteiger partial charge in [-0.1, -0.05) is 30.3 Å². The van der Waals surface area contributed by atoms with Crippen molar-refractivity contribution in [3.63, 3.8) is 0 Å². The van der Waals surface area contributed by atoms with Crippen molar-refractivity contribution in [3.8, 4) is 0 Å². The highest BCUT2D eigenvalue weighted by Gasteiger charge is 2.49. The molecule has 1 atom stereocenters. The third-order valence-electron chi connectivity index (χ3n) is 6.80. The number of aromatic nitrogens is 2. The molecule has 146 valence electrons. The van der Waals surface area contributed by atoms with Crippen LogP contribution in [0.5, 0.6) is 0 Å². The first-order valence-electron chi connectivity index (χ1n) is 10.5. The molecule has 1 aliphatic carbocycles. The van der Waals surface area contributed by atoms with E-state index in [-0.39, 0.29) is 11.3 Å². The van der Waals surface area contributed by atoms with Gasteiger partial charge in [-0.15, -0.1) is 0 Å². The minimum absolute atomic E-state index is 0.0114. The van der Waals surface area contributed by atoms with Gasteiger partial charge in [0.05, 0.1) is 5.92 Å². The van der Waals surface area contributed by atoms with Crippen molar-refractivity contribution in [2.24, 2.45) is 5.41 Å². The fourth-order valence-electron chi connectivity index (χ4n) is 5.00.